The summed E-state index contributed by atoms with van der Waals surface area (Å²) in [6, 6.07) is 125. The first-order valence-electron chi connectivity index (χ1n) is 43.2. The lowest BCUT2D eigenvalue weighted by molar-refractivity contribution is 0.300. The number of aromatic nitrogens is 9. The van der Waals surface area contributed by atoms with Crippen LogP contribution in [0.4, 0.5) is 0 Å². The SMILES string of the molecule is CC1(C)c2ccccc2-c2cccc(-c3nc(-c4ccccc4)nc(-c4ccc(-c5ccccc5)cc4)n3)c2C1(C)C.CC1(C)c2ccccc2-c2cccc(-c3nc(-c4ccccc4)nc(-c4ccc5c(c4)oc4ccccc45)n3)c2C1(C)C.CC1(C)c2ccccc2-c2cccc(-c3nc(-c4ccccc4)nc(-c4ccc5ccccc5c4)n3)c2C1(C)C. The van der Waals surface area contributed by atoms with Crippen LogP contribution in [0.1, 0.15) is 116 Å². The Kier molecular flexibility index (Phi) is 19.4. The summed E-state index contributed by atoms with van der Waals surface area (Å²) in [5.41, 5.74) is 27.6. The van der Waals surface area contributed by atoms with Crippen molar-refractivity contribution in [3.05, 3.63) is 391 Å². The zero-order valence-electron chi connectivity index (χ0n) is 72.5. The smallest absolute Gasteiger partial charge is 0.164 e. The summed E-state index contributed by atoms with van der Waals surface area (Å²) < 4.78 is 6.23. The highest BCUT2D eigenvalue weighted by Gasteiger charge is 2.50. The average Bonchev–Trinajstić information content (AvgIpc) is 1.00. The lowest BCUT2D eigenvalue weighted by Crippen LogP contribution is -2.44. The fraction of sp³-hybridized carbons (Fsp3) is 0.157. The van der Waals surface area contributed by atoms with Crippen molar-refractivity contribution in [3.63, 3.8) is 0 Å². The predicted octanol–water partition coefficient (Wildman–Crippen LogP) is 29.0. The van der Waals surface area contributed by atoms with Gasteiger partial charge in [-0.25, -0.2) is 44.9 Å². The molecule has 0 bridgehead atoms. The molecule has 19 aromatic rings. The highest BCUT2D eigenvalue weighted by atomic mass is 16.3. The zero-order valence-corrected chi connectivity index (χ0v) is 72.5. The molecule has 3 aliphatic carbocycles. The van der Waals surface area contributed by atoms with E-state index >= 15 is 0 Å². The van der Waals surface area contributed by atoms with Gasteiger partial charge in [-0.2, -0.15) is 0 Å². The van der Waals surface area contributed by atoms with Gasteiger partial charge in [0.25, 0.3) is 0 Å². The monoisotopic (exact) mass is 1620 g/mol. The van der Waals surface area contributed by atoms with E-state index in [2.05, 4.69) is 356 Å². The van der Waals surface area contributed by atoms with Gasteiger partial charge >= 0.3 is 0 Å². The molecule has 125 heavy (non-hydrogen) atoms. The van der Waals surface area contributed by atoms with Crippen molar-refractivity contribution in [2.75, 3.05) is 0 Å². The Bertz CT molecular complexity index is 7390. The Balaban J connectivity index is 0.000000119. The molecule has 10 nitrogen and oxygen atoms in total. The minimum atomic E-state index is -0.194. The minimum Gasteiger partial charge on any atom is -0.456 e. The Morgan fingerprint density at radius 3 is 0.840 bits per heavy atom. The van der Waals surface area contributed by atoms with Crippen LogP contribution >= 0.6 is 0 Å². The maximum atomic E-state index is 6.23. The number of nitrogens with zero attached hydrogens (tertiary/aromatic N) is 9. The number of fused-ring (bicyclic) bond motifs is 13. The number of hydrogen-bond donors (Lipinski definition) is 0. The van der Waals surface area contributed by atoms with E-state index in [1.807, 2.05) is 84.9 Å². The predicted molar refractivity (Wildman–Crippen MR) is 513 cm³/mol. The molecule has 0 amide bonds. The third kappa shape index (κ3) is 13.5. The first kappa shape index (κ1) is 78.9. The largest absolute Gasteiger partial charge is 0.456 e. The van der Waals surface area contributed by atoms with E-state index in [4.69, 9.17) is 49.3 Å². The van der Waals surface area contributed by atoms with E-state index in [0.717, 1.165) is 77.6 Å². The molecule has 0 saturated heterocycles. The van der Waals surface area contributed by atoms with Gasteiger partial charge in [0.15, 0.2) is 52.4 Å². The number of furan rings is 1. The van der Waals surface area contributed by atoms with Crippen molar-refractivity contribution >= 4 is 32.7 Å². The Labute approximate surface area is 731 Å². The molecule has 22 rings (SSSR count). The number of hydrogen-bond acceptors (Lipinski definition) is 10. The van der Waals surface area contributed by atoms with Gasteiger partial charge in [-0.05, 0) is 129 Å². The second kappa shape index (κ2) is 30.8. The minimum absolute atomic E-state index is 0.0941. The van der Waals surface area contributed by atoms with Crippen molar-refractivity contribution in [3.8, 4) is 147 Å². The molecule has 606 valence electrons. The molecule has 0 spiro atoms. The van der Waals surface area contributed by atoms with Crippen LogP contribution < -0.4 is 0 Å². The third-order valence-electron chi connectivity index (χ3n) is 28.0. The summed E-state index contributed by atoms with van der Waals surface area (Å²) in [7, 11) is 0. The summed E-state index contributed by atoms with van der Waals surface area (Å²) in [4.78, 5) is 45.9. The van der Waals surface area contributed by atoms with Crippen LogP contribution in [0.5, 0.6) is 0 Å². The summed E-state index contributed by atoms with van der Waals surface area (Å²) in [5, 5.41) is 4.55. The van der Waals surface area contributed by atoms with E-state index in [1.54, 1.807) is 0 Å². The first-order valence-corrected chi connectivity index (χ1v) is 43.2. The van der Waals surface area contributed by atoms with Gasteiger partial charge in [-0.1, -0.05) is 417 Å². The molecule has 3 aliphatic rings. The van der Waals surface area contributed by atoms with E-state index in [-0.39, 0.29) is 32.5 Å². The van der Waals surface area contributed by atoms with Gasteiger partial charge in [-0.3, -0.25) is 0 Å². The van der Waals surface area contributed by atoms with Gasteiger partial charge < -0.3 is 4.42 Å². The number of benzene rings is 15. The van der Waals surface area contributed by atoms with Crippen LogP contribution in [0.25, 0.3) is 180 Å². The van der Waals surface area contributed by atoms with Crippen molar-refractivity contribution in [1.82, 2.24) is 44.9 Å². The molecule has 0 aliphatic heterocycles. The molecule has 0 atom stereocenters. The van der Waals surface area contributed by atoms with Gasteiger partial charge in [0.2, 0.25) is 0 Å². The molecule has 0 radical (unpaired) electrons. The van der Waals surface area contributed by atoms with Gasteiger partial charge in [0, 0.05) is 77.1 Å². The highest BCUT2D eigenvalue weighted by molar-refractivity contribution is 6.06. The molecule has 15 aromatic carbocycles. The van der Waals surface area contributed by atoms with Gasteiger partial charge in [0.05, 0.1) is 0 Å². The van der Waals surface area contributed by atoms with Gasteiger partial charge in [0.1, 0.15) is 11.2 Å². The highest BCUT2D eigenvalue weighted by Crippen LogP contribution is 2.60. The van der Waals surface area contributed by atoms with E-state index in [1.165, 1.54) is 83.1 Å². The van der Waals surface area contributed by atoms with Crippen LogP contribution in [0.3, 0.4) is 0 Å². The van der Waals surface area contributed by atoms with Crippen LogP contribution in [-0.4, -0.2) is 44.9 Å². The van der Waals surface area contributed by atoms with Crippen LogP contribution in [0.2, 0.25) is 0 Å². The normalized spacial score (nSPS) is 14.8. The summed E-state index contributed by atoms with van der Waals surface area (Å²) >= 11 is 0. The molecule has 0 fully saturated rings. The quantitative estimate of drug-likeness (QED) is 0.130. The van der Waals surface area contributed by atoms with Crippen molar-refractivity contribution in [1.29, 1.82) is 0 Å². The standard InChI is InChI=1S/C39H31N3O.C39H33N3.C37H31N3/c1-38(2)31-19-10-8-15-26(31)29-17-12-18-30(34(29)39(38,3)4)37-41-35(24-13-6-5-7-14-24)40-36(42-37)25-21-22-28-27-16-9-11-20-32(27)43-33(28)23-25;1-38(2)33-21-12-11-18-30(33)31-19-13-20-32(34(31)39(38,3)4)37-41-35(28-16-9-6-10-17-28)40-36(42-37)29-24-22-27(23-25-29)26-14-7-5-8-15-26;1-36(2)31-20-11-10-17-28(31)29-18-12-19-30(32(29)37(36,3)4)35-39-33(25-14-6-5-7-15-25)38-34(40-35)27-22-21-24-13-8-9-16-26(24)23-27/h5-23H,1-4H3;5-25H,1-4H3;5-23H,1-4H3. The van der Waals surface area contributed by atoms with E-state index in [0.29, 0.717) is 52.4 Å². The Morgan fingerprint density at radius 2 is 0.432 bits per heavy atom. The molecular formula is C115H95N9O. The zero-order chi connectivity index (χ0) is 85.7. The molecular weight excluding hydrogens is 1520 g/mol. The average molecular weight is 1620 g/mol. The molecule has 0 unspecified atom stereocenters. The van der Waals surface area contributed by atoms with Crippen LogP contribution in [0.15, 0.2) is 362 Å². The second-order valence-electron chi connectivity index (χ2n) is 36.4. The molecule has 4 heterocycles. The molecule has 0 saturated carbocycles. The number of para-hydroxylation sites is 1. The summed E-state index contributed by atoms with van der Waals surface area (Å²) in [5.74, 6) is 6.06. The van der Waals surface area contributed by atoms with E-state index < -0.39 is 0 Å². The van der Waals surface area contributed by atoms with Crippen molar-refractivity contribution in [2.45, 2.75) is 116 Å². The Hall–Kier alpha value is -14.6. The lowest BCUT2D eigenvalue weighted by atomic mass is 9.54. The topological polar surface area (TPSA) is 129 Å². The molecule has 4 aromatic heterocycles. The van der Waals surface area contributed by atoms with E-state index in [9.17, 15) is 0 Å². The fourth-order valence-electron chi connectivity index (χ4n) is 19.3. The van der Waals surface area contributed by atoms with Crippen LogP contribution in [-0.2, 0) is 32.5 Å². The van der Waals surface area contributed by atoms with Gasteiger partial charge in [-0.15, -0.1) is 0 Å². The maximum absolute atomic E-state index is 6.23. The van der Waals surface area contributed by atoms with Crippen molar-refractivity contribution in [2.24, 2.45) is 0 Å². The molecule has 10 heteroatoms. The van der Waals surface area contributed by atoms with Crippen LogP contribution in [0, 0.1) is 0 Å². The Morgan fingerprint density at radius 1 is 0.168 bits per heavy atom. The summed E-state index contributed by atoms with van der Waals surface area (Å²) in [6.45, 7) is 28.2. The first-order chi connectivity index (χ1) is 60.5. The maximum Gasteiger partial charge on any atom is 0.164 e. The summed E-state index contributed by atoms with van der Waals surface area (Å²) in [6.07, 6.45) is 0. The molecule has 0 N–H and O–H groups in total. The van der Waals surface area contributed by atoms with Crippen molar-refractivity contribution < 1.29 is 4.42 Å². The second-order valence-corrected chi connectivity index (χ2v) is 36.4. The third-order valence-corrected chi connectivity index (χ3v) is 28.0. The lowest BCUT2D eigenvalue weighted by Gasteiger charge is -2.49. The number of rotatable bonds is 10. The fourth-order valence-corrected chi connectivity index (χ4v) is 19.3.